The van der Waals surface area contributed by atoms with Crippen molar-refractivity contribution in [3.05, 3.63) is 40.7 Å². The van der Waals surface area contributed by atoms with Crippen LogP contribution in [-0.4, -0.2) is 51.4 Å². The lowest BCUT2D eigenvalue weighted by molar-refractivity contribution is 0.0788. The second kappa shape index (κ2) is 7.50. The van der Waals surface area contributed by atoms with Crippen LogP contribution in [0.2, 0.25) is 0 Å². The summed E-state index contributed by atoms with van der Waals surface area (Å²) < 4.78 is 29.1. The number of hydrogen-bond donors (Lipinski definition) is 2. The van der Waals surface area contributed by atoms with Crippen molar-refractivity contribution < 1.29 is 13.2 Å². The van der Waals surface area contributed by atoms with Crippen LogP contribution in [0.4, 0.5) is 11.4 Å². The molecule has 1 saturated heterocycles. The van der Waals surface area contributed by atoms with Gasteiger partial charge in [-0.15, -0.1) is 0 Å². The lowest BCUT2D eigenvalue weighted by atomic mass is 10.2. The zero-order valence-electron chi connectivity index (χ0n) is 17.1. The van der Waals surface area contributed by atoms with E-state index in [0.717, 1.165) is 24.1 Å². The maximum absolute atomic E-state index is 13.2. The Hall–Kier alpha value is -2.48. The molecule has 1 aliphatic heterocycles. The van der Waals surface area contributed by atoms with Crippen LogP contribution in [0.25, 0.3) is 0 Å². The minimum atomic E-state index is -3.93. The molecule has 1 aromatic heterocycles. The molecule has 0 aliphatic carbocycles. The zero-order valence-corrected chi connectivity index (χ0v) is 17.9. The molecule has 2 N–H and O–H groups in total. The highest BCUT2D eigenvalue weighted by Gasteiger charge is 2.32. The molecule has 0 saturated carbocycles. The van der Waals surface area contributed by atoms with Gasteiger partial charge in [0.25, 0.3) is 15.9 Å². The van der Waals surface area contributed by atoms with Crippen molar-refractivity contribution >= 4 is 27.3 Å². The fourth-order valence-corrected chi connectivity index (χ4v) is 5.29. The number of likely N-dealkylation sites (tertiary alicyclic amines) is 1. The van der Waals surface area contributed by atoms with Crippen molar-refractivity contribution in [1.82, 2.24) is 9.88 Å². The van der Waals surface area contributed by atoms with E-state index in [-0.39, 0.29) is 16.4 Å². The molecule has 3 rings (SSSR count). The maximum atomic E-state index is 13.2. The highest BCUT2D eigenvalue weighted by molar-refractivity contribution is 7.92. The molecule has 7 nitrogen and oxygen atoms in total. The quantitative estimate of drug-likeness (QED) is 0.802. The zero-order chi connectivity index (χ0) is 20.6. The fraction of sp³-hybridized carbons (Fsp3) is 0.450. The second-order valence-corrected chi connectivity index (χ2v) is 9.20. The molecule has 0 unspecified atom stereocenters. The van der Waals surface area contributed by atoms with Gasteiger partial charge in [-0.2, -0.15) is 0 Å². The van der Waals surface area contributed by atoms with Crippen LogP contribution in [0.1, 0.15) is 40.2 Å². The standard InChI is InChI=1S/C20H28N4O3S/c1-13-8-9-16(12-17(13)23(4)5)22-28(26,27)19-15(3)21-14(2)18(19)20(25)24-10-6-7-11-24/h8-9,12,21-22H,6-7,10-11H2,1-5H3. The highest BCUT2D eigenvalue weighted by Crippen LogP contribution is 2.30. The van der Waals surface area contributed by atoms with Crippen LogP contribution in [0.15, 0.2) is 23.1 Å². The van der Waals surface area contributed by atoms with E-state index in [0.29, 0.717) is 30.2 Å². The summed E-state index contributed by atoms with van der Waals surface area (Å²) in [5.74, 6) is -0.224. The van der Waals surface area contributed by atoms with E-state index >= 15 is 0 Å². The Kier molecular flexibility index (Phi) is 5.43. The number of nitrogens with zero attached hydrogens (tertiary/aromatic N) is 2. The number of aryl methyl sites for hydroxylation is 3. The molecule has 28 heavy (non-hydrogen) atoms. The minimum absolute atomic E-state index is 0.0360. The summed E-state index contributed by atoms with van der Waals surface area (Å²) in [6.45, 7) is 6.73. The third kappa shape index (κ3) is 3.73. The number of nitrogens with one attached hydrogen (secondary N) is 2. The summed E-state index contributed by atoms with van der Waals surface area (Å²) in [6.07, 6.45) is 1.90. The van der Waals surface area contributed by atoms with Crippen molar-refractivity contribution in [3.8, 4) is 0 Å². The van der Waals surface area contributed by atoms with Crippen molar-refractivity contribution in [2.24, 2.45) is 0 Å². The highest BCUT2D eigenvalue weighted by atomic mass is 32.2. The Morgan fingerprint density at radius 2 is 1.75 bits per heavy atom. The third-order valence-corrected chi connectivity index (χ3v) is 6.69. The van der Waals surface area contributed by atoms with Crippen LogP contribution in [0, 0.1) is 20.8 Å². The van der Waals surface area contributed by atoms with Crippen molar-refractivity contribution in [1.29, 1.82) is 0 Å². The van der Waals surface area contributed by atoms with Gasteiger partial charge in [-0.05, 0) is 51.3 Å². The average Bonchev–Trinajstić information content (AvgIpc) is 3.23. The Labute approximate surface area is 166 Å². The molecule has 0 radical (unpaired) electrons. The first-order chi connectivity index (χ1) is 13.1. The predicted octanol–water partition coefficient (Wildman–Crippen LogP) is 3.04. The first kappa shape index (κ1) is 20.3. The number of aromatic nitrogens is 1. The molecule has 1 aromatic carbocycles. The Bertz CT molecular complexity index is 1000. The van der Waals surface area contributed by atoms with E-state index in [1.807, 2.05) is 32.0 Å². The summed E-state index contributed by atoms with van der Waals surface area (Å²) in [5.41, 5.74) is 3.72. The minimum Gasteiger partial charge on any atom is -0.377 e. The molecule has 1 fully saturated rings. The van der Waals surface area contributed by atoms with E-state index in [2.05, 4.69) is 9.71 Å². The monoisotopic (exact) mass is 404 g/mol. The normalized spacial score (nSPS) is 14.4. The summed E-state index contributed by atoms with van der Waals surface area (Å²) in [4.78, 5) is 19.7. The molecule has 8 heteroatoms. The fourth-order valence-electron chi connectivity index (χ4n) is 3.79. The average molecular weight is 405 g/mol. The number of H-pyrrole nitrogens is 1. The van der Waals surface area contributed by atoms with Gasteiger partial charge >= 0.3 is 0 Å². The predicted molar refractivity (Wildman–Crippen MR) is 112 cm³/mol. The van der Waals surface area contributed by atoms with E-state index in [1.54, 1.807) is 30.9 Å². The van der Waals surface area contributed by atoms with Gasteiger partial charge in [-0.3, -0.25) is 9.52 Å². The van der Waals surface area contributed by atoms with E-state index in [9.17, 15) is 13.2 Å². The van der Waals surface area contributed by atoms with Gasteiger partial charge in [0.15, 0.2) is 0 Å². The van der Waals surface area contributed by atoms with Crippen LogP contribution >= 0.6 is 0 Å². The molecule has 1 amide bonds. The van der Waals surface area contributed by atoms with Crippen molar-refractivity contribution in [2.75, 3.05) is 36.8 Å². The summed E-state index contributed by atoms with van der Waals surface area (Å²) in [7, 11) is -0.111. The SMILES string of the molecule is Cc1ccc(NS(=O)(=O)c2c(C)[nH]c(C)c2C(=O)N2CCCC2)cc1N(C)C. The number of hydrogen-bond acceptors (Lipinski definition) is 4. The maximum Gasteiger partial charge on any atom is 0.264 e. The number of carbonyl (C=O) groups is 1. The first-order valence-electron chi connectivity index (χ1n) is 9.41. The smallest absolute Gasteiger partial charge is 0.264 e. The van der Waals surface area contributed by atoms with Crippen LogP contribution in [0.3, 0.4) is 0 Å². The molecular weight excluding hydrogens is 376 g/mol. The van der Waals surface area contributed by atoms with Crippen LogP contribution in [0.5, 0.6) is 0 Å². The summed E-state index contributed by atoms with van der Waals surface area (Å²) in [6, 6.07) is 5.40. The Morgan fingerprint density at radius 1 is 1.11 bits per heavy atom. The number of carbonyl (C=O) groups excluding carboxylic acids is 1. The third-order valence-electron chi connectivity index (χ3n) is 5.14. The van der Waals surface area contributed by atoms with Crippen molar-refractivity contribution in [3.63, 3.8) is 0 Å². The van der Waals surface area contributed by atoms with E-state index < -0.39 is 10.0 Å². The summed E-state index contributed by atoms with van der Waals surface area (Å²) >= 11 is 0. The molecule has 2 aromatic rings. The molecule has 0 atom stereocenters. The van der Waals surface area contributed by atoms with Gasteiger partial charge < -0.3 is 14.8 Å². The molecule has 0 bridgehead atoms. The largest absolute Gasteiger partial charge is 0.377 e. The lowest BCUT2D eigenvalue weighted by Gasteiger charge is -2.19. The molecule has 1 aliphatic rings. The molecule has 2 heterocycles. The topological polar surface area (TPSA) is 85.5 Å². The number of aromatic amines is 1. The molecule has 0 spiro atoms. The van der Waals surface area contributed by atoms with Gasteiger partial charge in [0.05, 0.1) is 11.3 Å². The van der Waals surface area contributed by atoms with Gasteiger partial charge in [0.2, 0.25) is 0 Å². The van der Waals surface area contributed by atoms with Gasteiger partial charge in [0, 0.05) is 44.3 Å². The molecular formula is C20H28N4O3S. The van der Waals surface area contributed by atoms with E-state index in [1.165, 1.54) is 0 Å². The van der Waals surface area contributed by atoms with E-state index in [4.69, 9.17) is 0 Å². The number of benzene rings is 1. The van der Waals surface area contributed by atoms with Crippen LogP contribution < -0.4 is 9.62 Å². The number of anilines is 2. The second-order valence-electron chi connectivity index (χ2n) is 7.58. The van der Waals surface area contributed by atoms with Gasteiger partial charge in [-0.1, -0.05) is 6.07 Å². The van der Waals surface area contributed by atoms with Gasteiger partial charge in [-0.25, -0.2) is 8.42 Å². The lowest BCUT2D eigenvalue weighted by Crippen LogP contribution is -2.29. The Morgan fingerprint density at radius 3 is 2.36 bits per heavy atom. The van der Waals surface area contributed by atoms with Gasteiger partial charge in [0.1, 0.15) is 4.90 Å². The molecule has 152 valence electrons. The summed E-state index contributed by atoms with van der Waals surface area (Å²) in [5, 5.41) is 0. The first-order valence-corrected chi connectivity index (χ1v) is 10.9. The number of sulfonamides is 1. The van der Waals surface area contributed by atoms with Crippen molar-refractivity contribution in [2.45, 2.75) is 38.5 Å². The van der Waals surface area contributed by atoms with Crippen LogP contribution in [-0.2, 0) is 10.0 Å². The number of amides is 1. The Balaban J connectivity index is 2.01. The number of rotatable bonds is 5.